The number of amides is 1. The molecule has 0 radical (unpaired) electrons. The molecule has 7 heteroatoms. The van der Waals surface area contributed by atoms with Crippen LogP contribution < -0.4 is 5.32 Å². The number of carboxylic acids is 1. The van der Waals surface area contributed by atoms with Crippen molar-refractivity contribution < 1.29 is 19.4 Å². The van der Waals surface area contributed by atoms with Crippen LogP contribution >= 0.6 is 27.7 Å². The fourth-order valence-corrected chi connectivity index (χ4v) is 2.97. The molecule has 1 heterocycles. The van der Waals surface area contributed by atoms with Gasteiger partial charge in [0.2, 0.25) is 5.91 Å². The molecule has 114 valence electrons. The Morgan fingerprint density at radius 1 is 1.48 bits per heavy atom. The lowest BCUT2D eigenvalue weighted by molar-refractivity contribution is -0.148. The number of nitrogens with one attached hydrogen (secondary N) is 1. The van der Waals surface area contributed by atoms with Crippen LogP contribution in [0.4, 0.5) is 0 Å². The lowest BCUT2D eigenvalue weighted by atomic mass is 9.85. The fraction of sp³-hybridized carbons (Fsp3) is 0.429. The Hall–Kier alpha value is -1.05. The van der Waals surface area contributed by atoms with Crippen molar-refractivity contribution in [3.63, 3.8) is 0 Å². The summed E-state index contributed by atoms with van der Waals surface area (Å²) in [6, 6.07) is 7.16. The first kappa shape index (κ1) is 16.3. The van der Waals surface area contributed by atoms with Crippen LogP contribution in [-0.2, 0) is 14.3 Å². The van der Waals surface area contributed by atoms with E-state index in [2.05, 4.69) is 21.2 Å². The van der Waals surface area contributed by atoms with E-state index in [4.69, 9.17) is 4.74 Å². The standard InChI is InChI=1S/C14H16BrNO4S/c1-14(13(18)19)8-20-6-11(14)16-12(17)7-21-10-4-2-9(15)3-5-10/h2-5,11H,6-8H2,1H3,(H,16,17)(H,18,19). The SMILES string of the molecule is CC1(C(=O)O)COCC1NC(=O)CSc1ccc(Br)cc1. The lowest BCUT2D eigenvalue weighted by Gasteiger charge is -2.25. The Bertz CT molecular complexity index is 536. The van der Waals surface area contributed by atoms with E-state index < -0.39 is 17.4 Å². The molecule has 2 rings (SSSR count). The van der Waals surface area contributed by atoms with Crippen molar-refractivity contribution in [3.8, 4) is 0 Å². The van der Waals surface area contributed by atoms with Crippen LogP contribution in [0.15, 0.2) is 33.6 Å². The van der Waals surface area contributed by atoms with Gasteiger partial charge in [-0.15, -0.1) is 11.8 Å². The van der Waals surface area contributed by atoms with E-state index in [9.17, 15) is 14.7 Å². The third kappa shape index (κ3) is 3.99. The van der Waals surface area contributed by atoms with Gasteiger partial charge in [-0.25, -0.2) is 0 Å². The van der Waals surface area contributed by atoms with Gasteiger partial charge in [0.25, 0.3) is 0 Å². The molecule has 2 atom stereocenters. The Kier molecular flexibility index (Phi) is 5.29. The maximum atomic E-state index is 12.0. The second-order valence-corrected chi connectivity index (χ2v) is 7.06. The van der Waals surface area contributed by atoms with Crippen LogP contribution in [0.25, 0.3) is 0 Å². The normalized spacial score (nSPS) is 24.8. The molecule has 0 aliphatic carbocycles. The number of carbonyl (C=O) groups is 2. The van der Waals surface area contributed by atoms with E-state index in [1.54, 1.807) is 6.92 Å². The van der Waals surface area contributed by atoms with Gasteiger partial charge in [-0.1, -0.05) is 15.9 Å². The van der Waals surface area contributed by atoms with Gasteiger partial charge in [0.15, 0.2) is 0 Å². The Labute approximate surface area is 135 Å². The molecule has 21 heavy (non-hydrogen) atoms. The molecule has 0 saturated carbocycles. The third-order valence-corrected chi connectivity index (χ3v) is 5.00. The maximum Gasteiger partial charge on any atom is 0.313 e. The maximum absolute atomic E-state index is 12.0. The summed E-state index contributed by atoms with van der Waals surface area (Å²) in [5.41, 5.74) is -1.06. The van der Waals surface area contributed by atoms with E-state index >= 15 is 0 Å². The molecule has 0 bridgehead atoms. The number of halogens is 1. The quantitative estimate of drug-likeness (QED) is 0.773. The highest BCUT2D eigenvalue weighted by atomic mass is 79.9. The van der Waals surface area contributed by atoms with Crippen LogP contribution in [-0.4, -0.2) is 42.0 Å². The van der Waals surface area contributed by atoms with Crippen molar-refractivity contribution in [2.24, 2.45) is 5.41 Å². The van der Waals surface area contributed by atoms with E-state index in [1.165, 1.54) is 11.8 Å². The van der Waals surface area contributed by atoms with E-state index in [1.807, 2.05) is 24.3 Å². The van der Waals surface area contributed by atoms with E-state index in [-0.39, 0.29) is 24.9 Å². The highest BCUT2D eigenvalue weighted by Crippen LogP contribution is 2.29. The molecule has 0 spiro atoms. The minimum absolute atomic E-state index is 0.118. The van der Waals surface area contributed by atoms with Crippen molar-refractivity contribution in [2.75, 3.05) is 19.0 Å². The Morgan fingerprint density at radius 2 is 2.14 bits per heavy atom. The van der Waals surface area contributed by atoms with Crippen molar-refractivity contribution in [1.82, 2.24) is 5.32 Å². The summed E-state index contributed by atoms with van der Waals surface area (Å²) in [5.74, 6) is -0.898. The largest absolute Gasteiger partial charge is 0.481 e. The number of ether oxygens (including phenoxy) is 1. The van der Waals surface area contributed by atoms with Gasteiger partial charge in [0.05, 0.1) is 25.0 Å². The van der Waals surface area contributed by atoms with Crippen molar-refractivity contribution in [1.29, 1.82) is 0 Å². The number of carbonyl (C=O) groups excluding carboxylic acids is 1. The summed E-state index contributed by atoms with van der Waals surface area (Å²) in [6.45, 7) is 1.94. The van der Waals surface area contributed by atoms with Gasteiger partial charge in [0.1, 0.15) is 5.41 Å². The number of carboxylic acid groups (broad SMARTS) is 1. The number of benzene rings is 1. The third-order valence-electron chi connectivity index (χ3n) is 3.46. The predicted octanol–water partition coefficient (Wildman–Crippen LogP) is 2.15. The van der Waals surface area contributed by atoms with Gasteiger partial charge in [-0.2, -0.15) is 0 Å². The first-order chi connectivity index (χ1) is 9.91. The van der Waals surface area contributed by atoms with Gasteiger partial charge in [0, 0.05) is 9.37 Å². The molecular weight excluding hydrogens is 358 g/mol. The summed E-state index contributed by atoms with van der Waals surface area (Å²) >= 11 is 4.76. The minimum Gasteiger partial charge on any atom is -0.481 e. The number of hydrogen-bond donors (Lipinski definition) is 2. The molecule has 2 N–H and O–H groups in total. The van der Waals surface area contributed by atoms with Crippen molar-refractivity contribution >= 4 is 39.6 Å². The summed E-state index contributed by atoms with van der Waals surface area (Å²) in [6.07, 6.45) is 0. The average Bonchev–Trinajstić information content (AvgIpc) is 2.81. The zero-order chi connectivity index (χ0) is 15.5. The molecule has 1 aliphatic heterocycles. The van der Waals surface area contributed by atoms with Crippen LogP contribution in [0.3, 0.4) is 0 Å². The minimum atomic E-state index is -1.06. The van der Waals surface area contributed by atoms with Crippen molar-refractivity contribution in [2.45, 2.75) is 17.9 Å². The number of rotatable bonds is 5. The van der Waals surface area contributed by atoms with Gasteiger partial charge in [-0.3, -0.25) is 9.59 Å². The summed E-state index contributed by atoms with van der Waals surface area (Å²) in [5, 5.41) is 12.0. The van der Waals surface area contributed by atoms with Gasteiger partial charge >= 0.3 is 5.97 Å². The van der Waals surface area contributed by atoms with Gasteiger partial charge < -0.3 is 15.2 Å². The highest BCUT2D eigenvalue weighted by Gasteiger charge is 2.47. The lowest BCUT2D eigenvalue weighted by Crippen LogP contribution is -2.50. The topological polar surface area (TPSA) is 75.6 Å². The molecule has 1 aliphatic rings. The molecule has 2 unspecified atom stereocenters. The number of hydrogen-bond acceptors (Lipinski definition) is 4. The molecule has 1 fully saturated rings. The molecule has 5 nitrogen and oxygen atoms in total. The summed E-state index contributed by atoms with van der Waals surface area (Å²) < 4.78 is 6.19. The predicted molar refractivity (Wildman–Crippen MR) is 83.4 cm³/mol. The first-order valence-electron chi connectivity index (χ1n) is 6.41. The average molecular weight is 374 g/mol. The Morgan fingerprint density at radius 3 is 2.76 bits per heavy atom. The number of aliphatic carboxylic acids is 1. The fourth-order valence-electron chi connectivity index (χ4n) is 2.00. The zero-order valence-electron chi connectivity index (χ0n) is 11.5. The summed E-state index contributed by atoms with van der Waals surface area (Å²) in [7, 11) is 0. The van der Waals surface area contributed by atoms with Crippen LogP contribution in [0.5, 0.6) is 0 Å². The molecule has 1 aromatic carbocycles. The van der Waals surface area contributed by atoms with E-state index in [0.717, 1.165) is 9.37 Å². The second-order valence-electron chi connectivity index (χ2n) is 5.10. The highest BCUT2D eigenvalue weighted by molar-refractivity contribution is 9.10. The summed E-state index contributed by atoms with van der Waals surface area (Å²) in [4.78, 5) is 24.2. The van der Waals surface area contributed by atoms with Crippen LogP contribution in [0.2, 0.25) is 0 Å². The molecule has 1 aromatic rings. The smallest absolute Gasteiger partial charge is 0.313 e. The molecule has 0 aromatic heterocycles. The van der Waals surface area contributed by atoms with Crippen LogP contribution in [0.1, 0.15) is 6.92 Å². The Balaban J connectivity index is 1.87. The van der Waals surface area contributed by atoms with Gasteiger partial charge in [-0.05, 0) is 31.2 Å². The molecule has 1 saturated heterocycles. The van der Waals surface area contributed by atoms with E-state index in [0.29, 0.717) is 0 Å². The first-order valence-corrected chi connectivity index (χ1v) is 8.18. The van der Waals surface area contributed by atoms with Crippen LogP contribution in [0, 0.1) is 5.41 Å². The zero-order valence-corrected chi connectivity index (χ0v) is 13.9. The monoisotopic (exact) mass is 373 g/mol. The molecular formula is C14H16BrNO4S. The molecule has 1 amide bonds. The number of thioether (sulfide) groups is 1. The van der Waals surface area contributed by atoms with Crippen molar-refractivity contribution in [3.05, 3.63) is 28.7 Å². The second kappa shape index (κ2) is 6.81.